The Kier molecular flexibility index (Phi) is 7.07. The van der Waals surface area contributed by atoms with Crippen molar-refractivity contribution in [3.63, 3.8) is 0 Å². The van der Waals surface area contributed by atoms with E-state index in [4.69, 9.17) is 4.74 Å². The molecule has 1 aliphatic carbocycles. The molecule has 1 aliphatic rings. The van der Waals surface area contributed by atoms with Gasteiger partial charge in [-0.15, -0.1) is 0 Å². The number of carbonyl (C=O) groups excluding carboxylic acids is 1. The lowest BCUT2D eigenvalue weighted by Gasteiger charge is -2.38. The Morgan fingerprint density at radius 1 is 1.36 bits per heavy atom. The van der Waals surface area contributed by atoms with Crippen molar-refractivity contribution in [1.29, 1.82) is 0 Å². The summed E-state index contributed by atoms with van der Waals surface area (Å²) in [5, 5.41) is 0. The fraction of sp³-hybridized carbons (Fsp3) is 0.500. The summed E-state index contributed by atoms with van der Waals surface area (Å²) in [6, 6.07) is 8.08. The molecule has 0 spiro atoms. The molecule has 2 atom stereocenters. The molecule has 0 radical (unpaired) electrons. The largest absolute Gasteiger partial charge is 0.471 e. The van der Waals surface area contributed by atoms with E-state index < -0.39 is 24.2 Å². The van der Waals surface area contributed by atoms with E-state index in [1.54, 1.807) is 6.92 Å². The molecule has 0 N–H and O–H groups in total. The smallest absolute Gasteiger partial charge is 0.375 e. The average Bonchev–Trinajstić information content (AvgIpc) is 2.57. The minimum Gasteiger partial charge on any atom is -0.375 e. The van der Waals surface area contributed by atoms with Crippen molar-refractivity contribution in [2.24, 2.45) is 0 Å². The first-order chi connectivity index (χ1) is 11.8. The Hall–Kier alpha value is -1.34. The zero-order valence-electron chi connectivity index (χ0n) is 13.9. The van der Waals surface area contributed by atoms with Gasteiger partial charge in [0.25, 0.3) is 0 Å². The number of halogens is 4. The second-order valence-corrected chi connectivity index (χ2v) is 7.01. The topological polar surface area (TPSA) is 29.5 Å². The van der Waals surface area contributed by atoms with E-state index in [1.807, 2.05) is 36.4 Å². The molecule has 1 amide bonds. The molecule has 7 heteroatoms. The fourth-order valence-electron chi connectivity index (χ4n) is 2.89. The van der Waals surface area contributed by atoms with Crippen LogP contribution < -0.4 is 0 Å². The summed E-state index contributed by atoms with van der Waals surface area (Å²) in [7, 11) is 0. The van der Waals surface area contributed by atoms with Gasteiger partial charge in [-0.1, -0.05) is 52.3 Å². The standard InChI is InChI=1S/C18H21BrF3NO2/c1-13(11-25-12-14-7-3-2-4-8-14)23(17(24)18(20,21)22)16-10-6-5-9-15(16)19/h2-4,7-9,13,16H,5-6,10-12H2,1H3/t13-,16-/m0/s1. The minimum atomic E-state index is -4.90. The molecule has 0 unspecified atom stereocenters. The zero-order valence-corrected chi connectivity index (χ0v) is 15.5. The van der Waals surface area contributed by atoms with Crippen molar-refractivity contribution in [3.05, 3.63) is 46.5 Å². The summed E-state index contributed by atoms with van der Waals surface area (Å²) >= 11 is 3.32. The molecule has 0 aliphatic heterocycles. The van der Waals surface area contributed by atoms with Gasteiger partial charge in [-0.2, -0.15) is 13.2 Å². The van der Waals surface area contributed by atoms with Gasteiger partial charge in [0.1, 0.15) is 0 Å². The van der Waals surface area contributed by atoms with E-state index in [0.717, 1.165) is 23.3 Å². The molecule has 0 bridgehead atoms. The van der Waals surface area contributed by atoms with E-state index in [2.05, 4.69) is 15.9 Å². The highest BCUT2D eigenvalue weighted by molar-refractivity contribution is 9.11. The maximum atomic E-state index is 13.1. The fourth-order valence-corrected chi connectivity index (χ4v) is 3.57. The summed E-state index contributed by atoms with van der Waals surface area (Å²) in [4.78, 5) is 12.9. The first kappa shape index (κ1) is 20.0. The lowest BCUT2D eigenvalue weighted by molar-refractivity contribution is -0.190. The van der Waals surface area contributed by atoms with Gasteiger partial charge in [-0.25, -0.2) is 0 Å². The van der Waals surface area contributed by atoms with Crippen LogP contribution in [0.1, 0.15) is 31.7 Å². The van der Waals surface area contributed by atoms with Crippen molar-refractivity contribution in [1.82, 2.24) is 4.90 Å². The molecular formula is C18H21BrF3NO2. The van der Waals surface area contributed by atoms with Crippen molar-refractivity contribution < 1.29 is 22.7 Å². The Bertz CT molecular complexity index is 604. The summed E-state index contributed by atoms with van der Waals surface area (Å²) in [6.07, 6.45) is -1.02. The SMILES string of the molecule is C[C@@H](COCc1ccccc1)N(C(=O)C(F)(F)F)[C@H]1CCCC=C1Br. The summed E-state index contributed by atoms with van der Waals surface area (Å²) < 4.78 is 45.4. The van der Waals surface area contributed by atoms with Crippen LogP contribution in [0.5, 0.6) is 0 Å². The highest BCUT2D eigenvalue weighted by Gasteiger charge is 2.46. The monoisotopic (exact) mass is 419 g/mol. The van der Waals surface area contributed by atoms with Crippen LogP contribution in [-0.2, 0) is 16.1 Å². The van der Waals surface area contributed by atoms with Crippen LogP contribution in [0.15, 0.2) is 40.9 Å². The average molecular weight is 420 g/mol. The lowest BCUT2D eigenvalue weighted by atomic mass is 9.99. The molecule has 0 aromatic heterocycles. The maximum Gasteiger partial charge on any atom is 0.471 e. The minimum absolute atomic E-state index is 0.0352. The van der Waals surface area contributed by atoms with E-state index in [9.17, 15) is 18.0 Å². The van der Waals surface area contributed by atoms with E-state index in [1.165, 1.54) is 0 Å². The first-order valence-electron chi connectivity index (χ1n) is 8.17. The number of hydrogen-bond acceptors (Lipinski definition) is 2. The summed E-state index contributed by atoms with van der Waals surface area (Å²) in [5.74, 6) is -1.82. The van der Waals surface area contributed by atoms with Crippen molar-refractivity contribution in [3.8, 4) is 0 Å². The Morgan fingerprint density at radius 2 is 2.04 bits per heavy atom. The molecule has 0 saturated heterocycles. The van der Waals surface area contributed by atoms with Gasteiger partial charge in [-0.3, -0.25) is 4.79 Å². The summed E-state index contributed by atoms with van der Waals surface area (Å²) in [5.41, 5.74) is 0.933. The van der Waals surface area contributed by atoms with Gasteiger partial charge in [0.2, 0.25) is 0 Å². The molecule has 138 valence electrons. The number of benzene rings is 1. The van der Waals surface area contributed by atoms with Crippen LogP contribution in [0, 0.1) is 0 Å². The van der Waals surface area contributed by atoms with Crippen LogP contribution in [0.25, 0.3) is 0 Å². The maximum absolute atomic E-state index is 13.1. The lowest BCUT2D eigenvalue weighted by Crippen LogP contribution is -2.53. The quantitative estimate of drug-likeness (QED) is 0.661. The highest BCUT2D eigenvalue weighted by Crippen LogP contribution is 2.32. The van der Waals surface area contributed by atoms with Crippen molar-refractivity contribution >= 4 is 21.8 Å². The van der Waals surface area contributed by atoms with Gasteiger partial charge in [0, 0.05) is 4.48 Å². The number of allylic oxidation sites excluding steroid dienone is 1. The predicted molar refractivity (Wildman–Crippen MR) is 93.1 cm³/mol. The van der Waals surface area contributed by atoms with E-state index in [-0.39, 0.29) is 6.61 Å². The van der Waals surface area contributed by atoms with Crippen LogP contribution in [0.4, 0.5) is 13.2 Å². The Labute approximate surface area is 154 Å². The van der Waals surface area contributed by atoms with Gasteiger partial charge in [0.15, 0.2) is 0 Å². The van der Waals surface area contributed by atoms with Crippen molar-refractivity contribution in [2.75, 3.05) is 6.61 Å². The summed E-state index contributed by atoms with van der Waals surface area (Å²) in [6.45, 7) is 1.91. The van der Waals surface area contributed by atoms with Crippen LogP contribution in [0.2, 0.25) is 0 Å². The molecule has 1 aromatic rings. The second kappa shape index (κ2) is 8.85. The third-order valence-corrected chi connectivity index (χ3v) is 4.95. The molecule has 2 rings (SSSR count). The molecule has 0 heterocycles. The normalized spacial score (nSPS) is 19.2. The predicted octanol–water partition coefficient (Wildman–Crippen LogP) is 4.81. The third-order valence-electron chi connectivity index (χ3n) is 4.10. The molecule has 0 fully saturated rings. The number of hydrogen-bond donors (Lipinski definition) is 0. The van der Waals surface area contributed by atoms with Gasteiger partial charge < -0.3 is 9.64 Å². The Morgan fingerprint density at radius 3 is 2.64 bits per heavy atom. The molecular weight excluding hydrogens is 399 g/mol. The van der Waals surface area contributed by atoms with E-state index in [0.29, 0.717) is 17.5 Å². The molecule has 1 aromatic carbocycles. The third kappa shape index (κ3) is 5.57. The van der Waals surface area contributed by atoms with Crippen molar-refractivity contribution in [2.45, 2.75) is 51.1 Å². The highest BCUT2D eigenvalue weighted by atomic mass is 79.9. The van der Waals surface area contributed by atoms with Gasteiger partial charge in [0.05, 0.1) is 25.3 Å². The number of ether oxygens (including phenoxy) is 1. The van der Waals surface area contributed by atoms with Crippen LogP contribution in [-0.4, -0.2) is 35.7 Å². The number of rotatable bonds is 6. The number of alkyl halides is 3. The van der Waals surface area contributed by atoms with Gasteiger partial charge in [-0.05, 0) is 31.7 Å². The number of nitrogens with zero attached hydrogens (tertiary/aromatic N) is 1. The first-order valence-corrected chi connectivity index (χ1v) is 8.96. The second-order valence-electron chi connectivity index (χ2n) is 6.10. The molecule has 0 saturated carbocycles. The molecule has 25 heavy (non-hydrogen) atoms. The van der Waals surface area contributed by atoms with Gasteiger partial charge >= 0.3 is 12.1 Å². The molecule has 3 nitrogen and oxygen atoms in total. The Balaban J connectivity index is 2.07. The van der Waals surface area contributed by atoms with Crippen LogP contribution >= 0.6 is 15.9 Å². The number of amides is 1. The zero-order chi connectivity index (χ0) is 18.4. The van der Waals surface area contributed by atoms with Crippen LogP contribution in [0.3, 0.4) is 0 Å². The van der Waals surface area contributed by atoms with E-state index >= 15 is 0 Å². The number of carbonyl (C=O) groups is 1.